The molecule has 0 saturated heterocycles. The first-order chi connectivity index (χ1) is 10.7. The van der Waals surface area contributed by atoms with E-state index >= 15 is 0 Å². The van der Waals surface area contributed by atoms with E-state index in [9.17, 15) is 0 Å². The SMILES string of the molecule is CSCC[C@@H](N)c1nc(C2=Cc3cc(Cl)ccc3OC2)no1. The average molecular weight is 338 g/mol. The Morgan fingerprint density at radius 1 is 1.45 bits per heavy atom. The molecule has 5 nitrogen and oxygen atoms in total. The van der Waals surface area contributed by atoms with Crippen molar-refractivity contribution in [1.29, 1.82) is 0 Å². The molecule has 22 heavy (non-hydrogen) atoms. The molecule has 0 spiro atoms. The summed E-state index contributed by atoms with van der Waals surface area (Å²) in [5, 5.41) is 4.67. The van der Waals surface area contributed by atoms with Gasteiger partial charge in [-0.05, 0) is 42.7 Å². The van der Waals surface area contributed by atoms with Gasteiger partial charge in [-0.3, -0.25) is 0 Å². The molecule has 0 bridgehead atoms. The summed E-state index contributed by atoms with van der Waals surface area (Å²) < 4.78 is 11.0. The van der Waals surface area contributed by atoms with E-state index in [1.807, 2.05) is 24.5 Å². The van der Waals surface area contributed by atoms with Crippen molar-refractivity contribution in [3.05, 3.63) is 40.5 Å². The third-order valence-corrected chi connectivity index (χ3v) is 4.24. The van der Waals surface area contributed by atoms with Crippen molar-refractivity contribution in [2.75, 3.05) is 18.6 Å². The van der Waals surface area contributed by atoms with Crippen LogP contribution in [0.25, 0.3) is 11.6 Å². The third kappa shape index (κ3) is 3.29. The smallest absolute Gasteiger partial charge is 0.243 e. The Balaban J connectivity index is 1.82. The Labute approximate surface area is 137 Å². The minimum Gasteiger partial charge on any atom is -0.488 e. The molecule has 2 aromatic rings. The van der Waals surface area contributed by atoms with Gasteiger partial charge in [-0.1, -0.05) is 16.8 Å². The van der Waals surface area contributed by atoms with Gasteiger partial charge in [-0.25, -0.2) is 0 Å². The van der Waals surface area contributed by atoms with E-state index in [1.165, 1.54) is 0 Å². The van der Waals surface area contributed by atoms with Crippen LogP contribution >= 0.6 is 23.4 Å². The van der Waals surface area contributed by atoms with Crippen LogP contribution in [0.3, 0.4) is 0 Å². The van der Waals surface area contributed by atoms with Crippen LogP contribution < -0.4 is 10.5 Å². The molecule has 1 aromatic carbocycles. The molecular formula is C15H16ClN3O2S. The number of thioether (sulfide) groups is 1. The first-order valence-corrected chi connectivity index (χ1v) is 8.66. The van der Waals surface area contributed by atoms with E-state index in [4.69, 9.17) is 26.6 Å². The van der Waals surface area contributed by atoms with Gasteiger partial charge in [-0.15, -0.1) is 0 Å². The van der Waals surface area contributed by atoms with Crippen LogP contribution in [0.4, 0.5) is 0 Å². The zero-order valence-electron chi connectivity index (χ0n) is 12.1. The molecule has 2 N–H and O–H groups in total. The highest BCUT2D eigenvalue weighted by atomic mass is 35.5. The van der Waals surface area contributed by atoms with Crippen molar-refractivity contribution < 1.29 is 9.26 Å². The van der Waals surface area contributed by atoms with Crippen LogP contribution in [0.5, 0.6) is 5.75 Å². The molecule has 1 atom stereocenters. The van der Waals surface area contributed by atoms with Gasteiger partial charge in [-0.2, -0.15) is 16.7 Å². The lowest BCUT2D eigenvalue weighted by molar-refractivity contribution is 0.347. The predicted octanol–water partition coefficient (Wildman–Crippen LogP) is 3.41. The molecule has 0 radical (unpaired) electrons. The molecule has 3 rings (SSSR count). The first kappa shape index (κ1) is 15.4. The van der Waals surface area contributed by atoms with Crippen molar-refractivity contribution in [3.8, 4) is 5.75 Å². The van der Waals surface area contributed by atoms with Crippen molar-refractivity contribution in [1.82, 2.24) is 10.1 Å². The topological polar surface area (TPSA) is 74.2 Å². The fraction of sp³-hybridized carbons (Fsp3) is 0.333. The number of halogens is 1. The fourth-order valence-electron chi connectivity index (χ4n) is 2.16. The number of nitrogens with zero attached hydrogens (tertiary/aromatic N) is 2. The van der Waals surface area contributed by atoms with Crippen LogP contribution in [0.15, 0.2) is 22.7 Å². The molecular weight excluding hydrogens is 322 g/mol. The molecule has 0 saturated carbocycles. The van der Waals surface area contributed by atoms with Gasteiger partial charge in [0.05, 0.1) is 6.04 Å². The molecule has 7 heteroatoms. The Kier molecular flexibility index (Phi) is 4.71. The minimum atomic E-state index is -0.236. The van der Waals surface area contributed by atoms with Crippen LogP contribution in [0.2, 0.25) is 5.02 Å². The molecule has 116 valence electrons. The largest absolute Gasteiger partial charge is 0.488 e. The number of nitrogens with two attached hydrogens (primary N) is 1. The highest BCUT2D eigenvalue weighted by Gasteiger charge is 2.20. The van der Waals surface area contributed by atoms with Gasteiger partial charge in [0.15, 0.2) is 0 Å². The fourth-order valence-corrected chi connectivity index (χ4v) is 2.83. The molecule has 2 heterocycles. The summed E-state index contributed by atoms with van der Waals surface area (Å²) in [5.74, 6) is 2.73. The lowest BCUT2D eigenvalue weighted by Gasteiger charge is -2.16. The second-order valence-corrected chi connectivity index (χ2v) is 6.41. The maximum Gasteiger partial charge on any atom is 0.243 e. The highest BCUT2D eigenvalue weighted by molar-refractivity contribution is 7.98. The molecule has 0 amide bonds. The summed E-state index contributed by atoms with van der Waals surface area (Å²) in [4.78, 5) is 4.39. The van der Waals surface area contributed by atoms with Crippen molar-refractivity contribution in [2.45, 2.75) is 12.5 Å². The number of hydrogen-bond donors (Lipinski definition) is 1. The Morgan fingerprint density at radius 2 is 2.32 bits per heavy atom. The van der Waals surface area contributed by atoms with E-state index in [0.717, 1.165) is 29.1 Å². The van der Waals surface area contributed by atoms with Gasteiger partial charge in [0, 0.05) is 16.2 Å². The Hall–Kier alpha value is -1.50. The molecule has 0 aliphatic carbocycles. The van der Waals surface area contributed by atoms with Crippen LogP contribution in [-0.4, -0.2) is 28.8 Å². The van der Waals surface area contributed by atoms with Gasteiger partial charge >= 0.3 is 0 Å². The van der Waals surface area contributed by atoms with Crippen LogP contribution in [-0.2, 0) is 0 Å². The third-order valence-electron chi connectivity index (χ3n) is 3.36. The van der Waals surface area contributed by atoms with Crippen molar-refractivity contribution >= 4 is 35.0 Å². The summed E-state index contributed by atoms with van der Waals surface area (Å²) in [6.45, 7) is 0.396. The summed E-state index contributed by atoms with van der Waals surface area (Å²) in [6, 6.07) is 5.27. The number of aromatic nitrogens is 2. The van der Waals surface area contributed by atoms with Crippen molar-refractivity contribution in [3.63, 3.8) is 0 Å². The quantitative estimate of drug-likeness (QED) is 0.901. The number of rotatable bonds is 5. The number of fused-ring (bicyclic) bond motifs is 1. The zero-order chi connectivity index (χ0) is 15.5. The van der Waals surface area contributed by atoms with Gasteiger partial charge in [0.25, 0.3) is 0 Å². The number of ether oxygens (including phenoxy) is 1. The van der Waals surface area contributed by atoms with Gasteiger partial charge in [0.1, 0.15) is 12.4 Å². The molecule has 1 aliphatic heterocycles. The van der Waals surface area contributed by atoms with E-state index < -0.39 is 0 Å². The maximum atomic E-state index is 6.04. The number of benzene rings is 1. The molecule has 0 unspecified atom stereocenters. The van der Waals surface area contributed by atoms with Crippen molar-refractivity contribution in [2.24, 2.45) is 5.73 Å². The maximum absolute atomic E-state index is 6.04. The van der Waals surface area contributed by atoms with E-state index in [-0.39, 0.29) is 6.04 Å². The lowest BCUT2D eigenvalue weighted by atomic mass is 10.1. The second-order valence-electron chi connectivity index (χ2n) is 4.98. The molecule has 1 aromatic heterocycles. The van der Waals surface area contributed by atoms with Gasteiger partial charge in [0.2, 0.25) is 11.7 Å². The van der Waals surface area contributed by atoms with Crippen LogP contribution in [0, 0.1) is 0 Å². The normalized spacial score (nSPS) is 15.0. The van der Waals surface area contributed by atoms with E-state index in [0.29, 0.717) is 23.3 Å². The first-order valence-electron chi connectivity index (χ1n) is 6.89. The Bertz CT molecular complexity index is 702. The predicted molar refractivity (Wildman–Crippen MR) is 89.0 cm³/mol. The summed E-state index contributed by atoms with van der Waals surface area (Å²) in [5.41, 5.74) is 7.80. The van der Waals surface area contributed by atoms with E-state index in [1.54, 1.807) is 17.8 Å². The summed E-state index contributed by atoms with van der Waals surface area (Å²) in [7, 11) is 0. The molecule has 0 fully saturated rings. The number of hydrogen-bond acceptors (Lipinski definition) is 6. The second kappa shape index (κ2) is 6.73. The highest BCUT2D eigenvalue weighted by Crippen LogP contribution is 2.31. The monoisotopic (exact) mass is 337 g/mol. The standard InChI is InChI=1S/C15H16ClN3O2S/c1-22-5-4-12(17)15-18-14(19-21-15)10-6-9-7-11(16)2-3-13(9)20-8-10/h2-3,6-7,12H,4-5,8,17H2,1H3/t12-/m1/s1. The van der Waals surface area contributed by atoms with E-state index in [2.05, 4.69) is 10.1 Å². The minimum absolute atomic E-state index is 0.236. The van der Waals surface area contributed by atoms with Crippen LogP contribution in [0.1, 0.15) is 29.7 Å². The van der Waals surface area contributed by atoms with Gasteiger partial charge < -0.3 is 15.0 Å². The summed E-state index contributed by atoms with van der Waals surface area (Å²) >= 11 is 7.75. The zero-order valence-corrected chi connectivity index (χ0v) is 13.7. The summed E-state index contributed by atoms with van der Waals surface area (Å²) in [6.07, 6.45) is 4.81. The lowest BCUT2D eigenvalue weighted by Crippen LogP contribution is -2.12. The Morgan fingerprint density at radius 3 is 3.14 bits per heavy atom. The average Bonchev–Trinajstić information content (AvgIpc) is 3.02. The molecule has 1 aliphatic rings.